The van der Waals surface area contributed by atoms with E-state index in [0.29, 0.717) is 42.5 Å². The van der Waals surface area contributed by atoms with Crippen molar-refractivity contribution in [3.63, 3.8) is 0 Å². The van der Waals surface area contributed by atoms with Gasteiger partial charge >= 0.3 is 6.03 Å². The molecule has 35 heavy (non-hydrogen) atoms. The van der Waals surface area contributed by atoms with Gasteiger partial charge in [-0.3, -0.25) is 4.79 Å². The summed E-state index contributed by atoms with van der Waals surface area (Å²) < 4.78 is 14.9. The van der Waals surface area contributed by atoms with Gasteiger partial charge in [0, 0.05) is 31.9 Å². The second-order valence-corrected chi connectivity index (χ2v) is 8.87. The smallest absolute Gasteiger partial charge is 0.321 e. The zero-order valence-electron chi connectivity index (χ0n) is 18.7. The van der Waals surface area contributed by atoms with Crippen LogP contribution >= 0.6 is 11.8 Å². The van der Waals surface area contributed by atoms with E-state index < -0.39 is 0 Å². The molecule has 1 N–H and O–H groups in total. The molecular weight excluding hydrogens is 469 g/mol. The molecule has 0 unspecified atom stereocenters. The number of halogens is 1. The third-order valence-corrected chi connectivity index (χ3v) is 6.67. The van der Waals surface area contributed by atoms with Crippen molar-refractivity contribution in [3.05, 3.63) is 72.9 Å². The lowest BCUT2D eigenvalue weighted by molar-refractivity contribution is -0.129. The summed E-state index contributed by atoms with van der Waals surface area (Å²) in [6.45, 7) is 1.89. The molecule has 9 nitrogen and oxygen atoms in total. The Kier molecular flexibility index (Phi) is 6.57. The van der Waals surface area contributed by atoms with Gasteiger partial charge in [0.15, 0.2) is 5.65 Å². The average Bonchev–Trinajstić information content (AvgIpc) is 3.33. The number of para-hydroxylation sites is 1. The number of aromatic nitrogens is 4. The number of hydrogen-bond acceptors (Lipinski definition) is 6. The van der Waals surface area contributed by atoms with Gasteiger partial charge in [-0.1, -0.05) is 30.0 Å². The normalized spacial score (nSPS) is 13.7. The standard InChI is InChI=1S/C24H22FN7O2S/c25-17-6-8-19(9-7-17)32-22-20(14-28-32)23(27-16-26-22)35-15-21(33)30-10-12-31(13-11-30)24(34)29-18-4-2-1-3-5-18/h1-9,14,16H,10-13,15H2,(H,29,34). The minimum Gasteiger partial charge on any atom is -0.338 e. The zero-order chi connectivity index (χ0) is 24.2. The molecule has 5 rings (SSSR count). The Labute approximate surface area is 205 Å². The molecule has 4 aromatic rings. The van der Waals surface area contributed by atoms with Gasteiger partial charge in [-0.15, -0.1) is 0 Å². The molecule has 178 valence electrons. The third-order valence-electron chi connectivity index (χ3n) is 5.68. The van der Waals surface area contributed by atoms with E-state index in [-0.39, 0.29) is 23.5 Å². The predicted molar refractivity (Wildman–Crippen MR) is 131 cm³/mol. The summed E-state index contributed by atoms with van der Waals surface area (Å²) in [5.41, 5.74) is 2.01. The van der Waals surface area contributed by atoms with E-state index in [1.165, 1.54) is 30.2 Å². The van der Waals surface area contributed by atoms with Crippen molar-refractivity contribution >= 4 is 40.4 Å². The van der Waals surface area contributed by atoms with Crippen molar-refractivity contribution in [2.45, 2.75) is 5.03 Å². The maximum absolute atomic E-state index is 13.3. The van der Waals surface area contributed by atoms with Crippen LogP contribution in [0.15, 0.2) is 72.1 Å². The summed E-state index contributed by atoms with van der Waals surface area (Å²) in [7, 11) is 0. The Hall–Kier alpha value is -3.99. The lowest BCUT2D eigenvalue weighted by Gasteiger charge is -2.34. The highest BCUT2D eigenvalue weighted by molar-refractivity contribution is 8.00. The number of piperazine rings is 1. The van der Waals surface area contributed by atoms with E-state index >= 15 is 0 Å². The minimum absolute atomic E-state index is 0.0178. The highest BCUT2D eigenvalue weighted by atomic mass is 32.2. The molecule has 2 aromatic carbocycles. The first-order valence-electron chi connectivity index (χ1n) is 11.0. The quantitative estimate of drug-likeness (QED) is 0.340. The van der Waals surface area contributed by atoms with E-state index in [2.05, 4.69) is 20.4 Å². The average molecular weight is 492 g/mol. The van der Waals surface area contributed by atoms with Crippen molar-refractivity contribution in [3.8, 4) is 5.69 Å². The first-order chi connectivity index (χ1) is 17.1. The van der Waals surface area contributed by atoms with Crippen LogP contribution in [0.5, 0.6) is 0 Å². The molecule has 0 saturated carbocycles. The molecule has 0 spiro atoms. The molecule has 0 bridgehead atoms. The Balaban J connectivity index is 1.18. The molecule has 3 amide bonds. The summed E-state index contributed by atoms with van der Waals surface area (Å²) in [4.78, 5) is 37.4. The van der Waals surface area contributed by atoms with Crippen LogP contribution in [0.25, 0.3) is 16.7 Å². The Bertz CT molecular complexity index is 1340. The maximum Gasteiger partial charge on any atom is 0.321 e. The van der Waals surface area contributed by atoms with E-state index in [4.69, 9.17) is 0 Å². The fraction of sp³-hybridized carbons (Fsp3) is 0.208. The molecule has 11 heteroatoms. The van der Waals surface area contributed by atoms with Crippen molar-refractivity contribution < 1.29 is 14.0 Å². The number of carbonyl (C=O) groups is 2. The maximum atomic E-state index is 13.3. The van der Waals surface area contributed by atoms with E-state index in [0.717, 1.165) is 11.1 Å². The molecule has 0 radical (unpaired) electrons. The number of amides is 3. The van der Waals surface area contributed by atoms with Gasteiger partial charge in [0.25, 0.3) is 0 Å². The van der Waals surface area contributed by atoms with Crippen LogP contribution in [0.1, 0.15) is 0 Å². The van der Waals surface area contributed by atoms with E-state index in [1.807, 2.05) is 30.3 Å². The number of carbonyl (C=O) groups excluding carboxylic acids is 2. The molecule has 0 aliphatic carbocycles. The van der Waals surface area contributed by atoms with Gasteiger partial charge in [0.2, 0.25) is 5.91 Å². The van der Waals surface area contributed by atoms with Gasteiger partial charge < -0.3 is 15.1 Å². The topological polar surface area (TPSA) is 96.2 Å². The van der Waals surface area contributed by atoms with Crippen molar-refractivity contribution in [1.82, 2.24) is 29.5 Å². The fourth-order valence-electron chi connectivity index (χ4n) is 3.81. The van der Waals surface area contributed by atoms with Crippen LogP contribution in [0.3, 0.4) is 0 Å². The Morgan fingerprint density at radius 3 is 2.40 bits per heavy atom. The first kappa shape index (κ1) is 22.8. The first-order valence-corrected chi connectivity index (χ1v) is 12.0. The number of hydrogen-bond donors (Lipinski definition) is 1. The molecule has 1 aliphatic rings. The van der Waals surface area contributed by atoms with Crippen LogP contribution in [-0.2, 0) is 4.79 Å². The molecule has 1 fully saturated rings. The highest BCUT2D eigenvalue weighted by Gasteiger charge is 2.24. The highest BCUT2D eigenvalue weighted by Crippen LogP contribution is 2.26. The number of fused-ring (bicyclic) bond motifs is 1. The van der Waals surface area contributed by atoms with Crippen LogP contribution in [0, 0.1) is 5.82 Å². The number of rotatable bonds is 5. The lowest BCUT2D eigenvalue weighted by atomic mass is 10.3. The van der Waals surface area contributed by atoms with Crippen molar-refractivity contribution in [2.75, 3.05) is 37.2 Å². The molecule has 1 aliphatic heterocycles. The lowest BCUT2D eigenvalue weighted by Crippen LogP contribution is -2.52. The SMILES string of the molecule is O=C(CSc1ncnc2c1cnn2-c1ccc(F)cc1)N1CCN(C(=O)Nc2ccccc2)CC1. The van der Waals surface area contributed by atoms with Gasteiger partial charge in [-0.2, -0.15) is 5.10 Å². The summed E-state index contributed by atoms with van der Waals surface area (Å²) in [6.07, 6.45) is 3.08. The second-order valence-electron chi connectivity index (χ2n) is 7.90. The van der Waals surface area contributed by atoms with Crippen LogP contribution < -0.4 is 5.32 Å². The number of nitrogens with zero attached hydrogens (tertiary/aromatic N) is 6. The summed E-state index contributed by atoms with van der Waals surface area (Å²) in [5, 5.41) is 8.61. The second kappa shape index (κ2) is 10.1. The summed E-state index contributed by atoms with van der Waals surface area (Å²) in [5.74, 6) is -0.132. The van der Waals surface area contributed by atoms with Crippen LogP contribution in [0.4, 0.5) is 14.9 Å². The van der Waals surface area contributed by atoms with Gasteiger partial charge in [0.05, 0.1) is 23.0 Å². The number of thioether (sulfide) groups is 1. The number of benzene rings is 2. The third kappa shape index (κ3) is 5.09. The van der Waals surface area contributed by atoms with E-state index in [1.54, 1.807) is 32.8 Å². The Morgan fingerprint density at radius 2 is 1.66 bits per heavy atom. The monoisotopic (exact) mass is 491 g/mol. The van der Waals surface area contributed by atoms with Crippen molar-refractivity contribution in [1.29, 1.82) is 0 Å². The fourth-order valence-corrected chi connectivity index (χ4v) is 4.68. The van der Waals surface area contributed by atoms with Gasteiger partial charge in [-0.25, -0.2) is 23.8 Å². The molecular formula is C24H22FN7O2S. The van der Waals surface area contributed by atoms with Crippen LogP contribution in [-0.4, -0.2) is 73.4 Å². The van der Waals surface area contributed by atoms with E-state index in [9.17, 15) is 14.0 Å². The largest absolute Gasteiger partial charge is 0.338 e. The molecule has 1 saturated heterocycles. The van der Waals surface area contributed by atoms with Crippen molar-refractivity contribution in [2.24, 2.45) is 0 Å². The number of nitrogens with one attached hydrogen (secondary N) is 1. The van der Waals surface area contributed by atoms with Gasteiger partial charge in [-0.05, 0) is 36.4 Å². The van der Waals surface area contributed by atoms with Gasteiger partial charge in [0.1, 0.15) is 17.2 Å². The minimum atomic E-state index is -0.327. The molecule has 2 aromatic heterocycles. The molecule has 3 heterocycles. The predicted octanol–water partition coefficient (Wildman–Crippen LogP) is 3.42. The summed E-state index contributed by atoms with van der Waals surface area (Å²) >= 11 is 1.32. The van der Waals surface area contributed by atoms with Crippen LogP contribution in [0.2, 0.25) is 0 Å². The zero-order valence-corrected chi connectivity index (χ0v) is 19.5. The molecule has 0 atom stereocenters. The summed E-state index contributed by atoms with van der Waals surface area (Å²) in [6, 6.07) is 15.1. The number of urea groups is 1. The number of anilines is 1. The Morgan fingerprint density at radius 1 is 0.943 bits per heavy atom.